The molecule has 0 radical (unpaired) electrons. The number of benzene rings is 2. The first kappa shape index (κ1) is 20.4. The standard InChI is InChI=1S/C24H28N4O/c1-4-28(5-2)21-13-11-20(12-14-21)26-24(29)23-17-22(15-16-25-23)27(3)18-19-9-7-6-8-10-19/h6-17H,4-5,18H2,1-3H3,(H,26,29). The van der Waals surface area contributed by atoms with E-state index in [9.17, 15) is 4.79 Å². The number of aromatic nitrogens is 1. The molecule has 0 unspecified atom stereocenters. The van der Waals surface area contributed by atoms with Gasteiger partial charge in [0, 0.05) is 49.9 Å². The van der Waals surface area contributed by atoms with E-state index in [1.54, 1.807) is 6.20 Å². The summed E-state index contributed by atoms with van der Waals surface area (Å²) in [4.78, 5) is 21.3. The lowest BCUT2D eigenvalue weighted by Gasteiger charge is -2.21. The highest BCUT2D eigenvalue weighted by atomic mass is 16.1. The molecule has 5 nitrogen and oxygen atoms in total. The van der Waals surface area contributed by atoms with Crippen LogP contribution in [0.4, 0.5) is 17.1 Å². The van der Waals surface area contributed by atoms with Crippen LogP contribution in [0.3, 0.4) is 0 Å². The van der Waals surface area contributed by atoms with Gasteiger partial charge in [-0.2, -0.15) is 0 Å². The van der Waals surface area contributed by atoms with E-state index in [4.69, 9.17) is 0 Å². The van der Waals surface area contributed by atoms with Crippen molar-refractivity contribution in [3.63, 3.8) is 0 Å². The number of rotatable bonds is 8. The molecule has 150 valence electrons. The minimum Gasteiger partial charge on any atom is -0.372 e. The van der Waals surface area contributed by atoms with Gasteiger partial charge in [-0.05, 0) is 55.8 Å². The van der Waals surface area contributed by atoms with Gasteiger partial charge in [0.05, 0.1) is 0 Å². The van der Waals surface area contributed by atoms with Gasteiger partial charge in [0.15, 0.2) is 0 Å². The maximum absolute atomic E-state index is 12.7. The second-order valence-corrected chi connectivity index (χ2v) is 6.91. The fourth-order valence-corrected chi connectivity index (χ4v) is 3.27. The molecule has 1 amide bonds. The molecule has 1 heterocycles. The Morgan fingerprint density at radius 3 is 2.28 bits per heavy atom. The average Bonchev–Trinajstić information content (AvgIpc) is 2.76. The van der Waals surface area contributed by atoms with Gasteiger partial charge >= 0.3 is 0 Å². The van der Waals surface area contributed by atoms with Crippen molar-refractivity contribution in [2.75, 3.05) is 35.3 Å². The maximum Gasteiger partial charge on any atom is 0.274 e. The largest absolute Gasteiger partial charge is 0.372 e. The van der Waals surface area contributed by atoms with Crippen LogP contribution in [0.15, 0.2) is 72.9 Å². The van der Waals surface area contributed by atoms with Gasteiger partial charge < -0.3 is 15.1 Å². The van der Waals surface area contributed by atoms with Crippen LogP contribution in [0.2, 0.25) is 0 Å². The molecular formula is C24H28N4O. The summed E-state index contributed by atoms with van der Waals surface area (Å²) in [5.41, 5.74) is 4.47. The molecular weight excluding hydrogens is 360 g/mol. The molecule has 0 fully saturated rings. The van der Waals surface area contributed by atoms with Crippen LogP contribution in [0.1, 0.15) is 29.9 Å². The third-order valence-corrected chi connectivity index (χ3v) is 4.93. The van der Waals surface area contributed by atoms with Crippen molar-refractivity contribution in [1.82, 2.24) is 4.98 Å². The molecule has 1 N–H and O–H groups in total. The average molecular weight is 389 g/mol. The van der Waals surface area contributed by atoms with E-state index in [1.165, 1.54) is 5.56 Å². The highest BCUT2D eigenvalue weighted by Gasteiger charge is 2.11. The van der Waals surface area contributed by atoms with Crippen molar-refractivity contribution in [3.8, 4) is 0 Å². The predicted molar refractivity (Wildman–Crippen MR) is 121 cm³/mol. The van der Waals surface area contributed by atoms with E-state index in [-0.39, 0.29) is 5.91 Å². The number of hydrogen-bond acceptors (Lipinski definition) is 4. The molecule has 0 aliphatic heterocycles. The summed E-state index contributed by atoms with van der Waals surface area (Å²) in [7, 11) is 2.01. The summed E-state index contributed by atoms with van der Waals surface area (Å²) in [6, 6.07) is 21.9. The van der Waals surface area contributed by atoms with Gasteiger partial charge in [-0.15, -0.1) is 0 Å². The number of anilines is 3. The first-order valence-corrected chi connectivity index (χ1v) is 9.98. The van der Waals surface area contributed by atoms with Gasteiger partial charge in [-0.25, -0.2) is 0 Å². The number of nitrogens with zero attached hydrogens (tertiary/aromatic N) is 3. The van der Waals surface area contributed by atoms with Crippen LogP contribution < -0.4 is 15.1 Å². The van der Waals surface area contributed by atoms with Crippen molar-refractivity contribution in [2.24, 2.45) is 0 Å². The highest BCUT2D eigenvalue weighted by molar-refractivity contribution is 6.03. The lowest BCUT2D eigenvalue weighted by molar-refractivity contribution is 0.102. The zero-order valence-corrected chi connectivity index (χ0v) is 17.3. The monoisotopic (exact) mass is 388 g/mol. The van der Waals surface area contributed by atoms with Crippen molar-refractivity contribution in [3.05, 3.63) is 84.2 Å². The summed E-state index contributed by atoms with van der Waals surface area (Å²) in [5, 5.41) is 2.94. The van der Waals surface area contributed by atoms with E-state index < -0.39 is 0 Å². The third kappa shape index (κ3) is 5.35. The van der Waals surface area contributed by atoms with Crippen LogP contribution in [-0.2, 0) is 6.54 Å². The van der Waals surface area contributed by atoms with E-state index in [0.717, 1.165) is 36.7 Å². The summed E-state index contributed by atoms with van der Waals surface area (Å²) in [6.07, 6.45) is 1.68. The van der Waals surface area contributed by atoms with Crippen molar-refractivity contribution >= 4 is 23.0 Å². The van der Waals surface area contributed by atoms with E-state index in [2.05, 4.69) is 46.1 Å². The molecule has 2 aromatic carbocycles. The SMILES string of the molecule is CCN(CC)c1ccc(NC(=O)c2cc(N(C)Cc3ccccc3)ccn2)cc1. The van der Waals surface area contributed by atoms with Crippen LogP contribution in [0.5, 0.6) is 0 Å². The first-order chi connectivity index (χ1) is 14.1. The zero-order valence-electron chi connectivity index (χ0n) is 17.3. The minimum atomic E-state index is -0.212. The summed E-state index contributed by atoms with van der Waals surface area (Å²) in [6.45, 7) is 6.93. The number of carbonyl (C=O) groups is 1. The van der Waals surface area contributed by atoms with E-state index in [0.29, 0.717) is 5.69 Å². The fraction of sp³-hybridized carbons (Fsp3) is 0.250. The van der Waals surface area contributed by atoms with Gasteiger partial charge in [0.1, 0.15) is 5.69 Å². The lowest BCUT2D eigenvalue weighted by atomic mass is 10.2. The molecule has 0 spiro atoms. The number of pyridine rings is 1. The molecule has 0 aliphatic rings. The first-order valence-electron chi connectivity index (χ1n) is 9.98. The number of carbonyl (C=O) groups excluding carboxylic acids is 1. The Morgan fingerprint density at radius 1 is 0.931 bits per heavy atom. The Kier molecular flexibility index (Phi) is 6.85. The Balaban J connectivity index is 1.67. The lowest BCUT2D eigenvalue weighted by Crippen LogP contribution is -2.21. The van der Waals surface area contributed by atoms with Gasteiger partial charge in [0.2, 0.25) is 0 Å². The van der Waals surface area contributed by atoms with Gasteiger partial charge in [0.25, 0.3) is 5.91 Å². The van der Waals surface area contributed by atoms with Crippen molar-refractivity contribution in [2.45, 2.75) is 20.4 Å². The predicted octanol–water partition coefficient (Wildman–Crippen LogP) is 4.82. The van der Waals surface area contributed by atoms with Gasteiger partial charge in [-0.3, -0.25) is 9.78 Å². The van der Waals surface area contributed by atoms with Crippen LogP contribution in [0.25, 0.3) is 0 Å². The maximum atomic E-state index is 12.7. The molecule has 0 saturated carbocycles. The Labute approximate surface area is 173 Å². The quantitative estimate of drug-likeness (QED) is 0.601. The highest BCUT2D eigenvalue weighted by Crippen LogP contribution is 2.20. The molecule has 0 aliphatic carbocycles. The molecule has 0 saturated heterocycles. The smallest absolute Gasteiger partial charge is 0.274 e. The molecule has 5 heteroatoms. The number of amides is 1. The summed E-state index contributed by atoms with van der Waals surface area (Å²) >= 11 is 0. The second-order valence-electron chi connectivity index (χ2n) is 6.91. The molecule has 1 aromatic heterocycles. The van der Waals surface area contributed by atoms with Crippen LogP contribution >= 0.6 is 0 Å². The summed E-state index contributed by atoms with van der Waals surface area (Å²) < 4.78 is 0. The summed E-state index contributed by atoms with van der Waals surface area (Å²) in [5.74, 6) is -0.212. The van der Waals surface area contributed by atoms with Gasteiger partial charge in [-0.1, -0.05) is 30.3 Å². The topological polar surface area (TPSA) is 48.5 Å². The zero-order chi connectivity index (χ0) is 20.6. The Morgan fingerprint density at radius 2 is 1.62 bits per heavy atom. The molecule has 0 bridgehead atoms. The van der Waals surface area contributed by atoms with E-state index >= 15 is 0 Å². The normalized spacial score (nSPS) is 10.4. The Hall–Kier alpha value is -3.34. The van der Waals surface area contributed by atoms with Crippen molar-refractivity contribution < 1.29 is 4.79 Å². The van der Waals surface area contributed by atoms with Crippen LogP contribution in [0, 0.1) is 0 Å². The molecule has 29 heavy (non-hydrogen) atoms. The van der Waals surface area contributed by atoms with Crippen molar-refractivity contribution in [1.29, 1.82) is 0 Å². The number of hydrogen-bond donors (Lipinski definition) is 1. The number of nitrogens with one attached hydrogen (secondary N) is 1. The molecule has 3 rings (SSSR count). The Bertz CT molecular complexity index is 921. The molecule has 0 atom stereocenters. The third-order valence-electron chi connectivity index (χ3n) is 4.93. The molecule has 3 aromatic rings. The van der Waals surface area contributed by atoms with Crippen LogP contribution in [-0.4, -0.2) is 31.0 Å². The van der Waals surface area contributed by atoms with E-state index in [1.807, 2.05) is 61.6 Å². The fourth-order valence-electron chi connectivity index (χ4n) is 3.27. The second kappa shape index (κ2) is 9.73. The minimum absolute atomic E-state index is 0.212.